The molecule has 0 aromatic heterocycles. The van der Waals surface area contributed by atoms with E-state index >= 15 is 0 Å². The lowest BCUT2D eigenvalue weighted by Gasteiger charge is -2.17. The first-order valence-corrected chi connectivity index (χ1v) is 7.04. The molecule has 1 aliphatic heterocycles. The molecule has 0 bridgehead atoms. The minimum Gasteiger partial charge on any atom is -0.308 e. The Kier molecular flexibility index (Phi) is 5.29. The molecule has 112 valence electrons. The molecule has 1 aromatic carbocycles. The number of halogens is 4. The first-order chi connectivity index (χ1) is 9.42. The summed E-state index contributed by atoms with van der Waals surface area (Å²) in [7, 11) is 0. The van der Waals surface area contributed by atoms with Gasteiger partial charge in [-0.15, -0.1) is 0 Å². The number of alkyl halides is 3. The number of hydrogen-bond acceptors (Lipinski definition) is 2. The van der Waals surface area contributed by atoms with E-state index in [-0.39, 0.29) is 0 Å². The summed E-state index contributed by atoms with van der Waals surface area (Å²) in [6.45, 7) is 2.12. The maximum Gasteiger partial charge on any atom is 0.401 e. The predicted molar refractivity (Wildman–Crippen MR) is 73.8 cm³/mol. The molecule has 0 aliphatic carbocycles. The van der Waals surface area contributed by atoms with Gasteiger partial charge in [0, 0.05) is 18.1 Å². The van der Waals surface area contributed by atoms with Crippen LogP contribution in [0.5, 0.6) is 0 Å². The van der Waals surface area contributed by atoms with Crippen molar-refractivity contribution in [2.24, 2.45) is 5.92 Å². The average molecular weight is 307 g/mol. The van der Waals surface area contributed by atoms with Gasteiger partial charge in [-0.05, 0) is 43.1 Å². The first kappa shape index (κ1) is 15.6. The zero-order valence-corrected chi connectivity index (χ0v) is 11.8. The second-order valence-corrected chi connectivity index (χ2v) is 5.70. The summed E-state index contributed by atoms with van der Waals surface area (Å²) in [5.41, 5.74) is 1.18. The third kappa shape index (κ3) is 5.31. The molecule has 2 rings (SSSR count). The minimum atomic E-state index is -4.12. The molecule has 1 heterocycles. The number of nitrogens with one attached hydrogen (secondary N) is 1. The first-order valence-electron chi connectivity index (χ1n) is 6.66. The van der Waals surface area contributed by atoms with Gasteiger partial charge in [-0.1, -0.05) is 23.7 Å². The average Bonchev–Trinajstić information content (AvgIpc) is 2.78. The number of nitrogens with zero attached hydrogens (tertiary/aromatic N) is 1. The topological polar surface area (TPSA) is 15.3 Å². The molecular weight excluding hydrogens is 289 g/mol. The predicted octanol–water partition coefficient (Wildman–Crippen LogP) is 3.31. The van der Waals surface area contributed by atoms with Crippen molar-refractivity contribution in [3.63, 3.8) is 0 Å². The molecule has 1 atom stereocenters. The van der Waals surface area contributed by atoms with E-state index in [0.717, 1.165) is 26.1 Å². The second kappa shape index (κ2) is 6.78. The van der Waals surface area contributed by atoms with Crippen molar-refractivity contribution in [3.8, 4) is 0 Å². The Morgan fingerprint density at radius 2 is 1.95 bits per heavy atom. The molecule has 1 fully saturated rings. The fourth-order valence-corrected chi connectivity index (χ4v) is 2.62. The molecule has 0 amide bonds. The standard InChI is InChI=1S/C14H18ClF3N2/c15-13-3-1-11(2-4-13)8-20-6-5-12(9-20)7-19-10-14(16,17)18/h1-4,12,19H,5-10H2. The van der Waals surface area contributed by atoms with Gasteiger partial charge >= 0.3 is 6.18 Å². The van der Waals surface area contributed by atoms with Crippen LogP contribution < -0.4 is 5.32 Å². The summed E-state index contributed by atoms with van der Waals surface area (Å²) < 4.78 is 36.1. The van der Waals surface area contributed by atoms with E-state index in [2.05, 4.69) is 10.2 Å². The van der Waals surface area contributed by atoms with E-state index in [1.165, 1.54) is 5.56 Å². The normalized spacial score (nSPS) is 20.5. The highest BCUT2D eigenvalue weighted by atomic mass is 35.5. The quantitative estimate of drug-likeness (QED) is 0.898. The maximum atomic E-state index is 12.0. The number of rotatable bonds is 5. The number of hydrogen-bond donors (Lipinski definition) is 1. The molecule has 0 saturated carbocycles. The molecule has 6 heteroatoms. The van der Waals surface area contributed by atoms with E-state index in [1.54, 1.807) is 0 Å². The Hall–Kier alpha value is -0.780. The molecule has 1 aromatic rings. The van der Waals surface area contributed by atoms with Gasteiger partial charge in [0.15, 0.2) is 0 Å². The third-order valence-electron chi connectivity index (χ3n) is 3.45. The smallest absolute Gasteiger partial charge is 0.308 e. The van der Waals surface area contributed by atoms with Crippen LogP contribution in [0.25, 0.3) is 0 Å². The lowest BCUT2D eigenvalue weighted by atomic mass is 10.1. The molecule has 0 radical (unpaired) electrons. The largest absolute Gasteiger partial charge is 0.401 e. The van der Waals surface area contributed by atoms with Crippen molar-refractivity contribution in [2.75, 3.05) is 26.2 Å². The van der Waals surface area contributed by atoms with Crippen molar-refractivity contribution < 1.29 is 13.2 Å². The monoisotopic (exact) mass is 306 g/mol. The fraction of sp³-hybridized carbons (Fsp3) is 0.571. The lowest BCUT2D eigenvalue weighted by molar-refractivity contribution is -0.125. The van der Waals surface area contributed by atoms with Crippen LogP contribution >= 0.6 is 11.6 Å². The van der Waals surface area contributed by atoms with Crippen LogP contribution in [0, 0.1) is 5.92 Å². The van der Waals surface area contributed by atoms with Crippen molar-refractivity contribution >= 4 is 11.6 Å². The van der Waals surface area contributed by atoms with E-state index in [1.807, 2.05) is 24.3 Å². The molecule has 2 nitrogen and oxygen atoms in total. The van der Waals surface area contributed by atoms with E-state index in [4.69, 9.17) is 11.6 Å². The zero-order valence-electron chi connectivity index (χ0n) is 11.1. The SMILES string of the molecule is FC(F)(F)CNCC1CCN(Cc2ccc(Cl)cc2)C1. The van der Waals surface area contributed by atoms with E-state index in [9.17, 15) is 13.2 Å². The summed E-state index contributed by atoms with van der Waals surface area (Å²) in [6.07, 6.45) is -3.18. The number of benzene rings is 1. The third-order valence-corrected chi connectivity index (χ3v) is 3.70. The van der Waals surface area contributed by atoms with Crippen LogP contribution in [0.15, 0.2) is 24.3 Å². The Morgan fingerprint density at radius 3 is 2.60 bits per heavy atom. The lowest BCUT2D eigenvalue weighted by Crippen LogP contribution is -2.33. The Balaban J connectivity index is 1.71. The molecule has 1 saturated heterocycles. The van der Waals surface area contributed by atoms with Crippen LogP contribution in [-0.2, 0) is 6.54 Å². The van der Waals surface area contributed by atoms with Crippen LogP contribution in [0.1, 0.15) is 12.0 Å². The van der Waals surface area contributed by atoms with Gasteiger partial charge in [-0.25, -0.2) is 0 Å². The Morgan fingerprint density at radius 1 is 1.25 bits per heavy atom. The van der Waals surface area contributed by atoms with Crippen molar-refractivity contribution in [1.82, 2.24) is 10.2 Å². The van der Waals surface area contributed by atoms with E-state index < -0.39 is 12.7 Å². The highest BCUT2D eigenvalue weighted by molar-refractivity contribution is 6.30. The summed E-state index contributed by atoms with van der Waals surface area (Å²) in [5.74, 6) is 0.296. The zero-order chi connectivity index (χ0) is 14.6. The van der Waals surface area contributed by atoms with Crippen LogP contribution in [0.2, 0.25) is 5.02 Å². The summed E-state index contributed by atoms with van der Waals surface area (Å²) in [5, 5.41) is 3.20. The molecule has 0 spiro atoms. The maximum absolute atomic E-state index is 12.0. The van der Waals surface area contributed by atoms with Gasteiger partial charge in [0.1, 0.15) is 0 Å². The molecule has 1 unspecified atom stereocenters. The van der Waals surface area contributed by atoms with Crippen LogP contribution in [-0.4, -0.2) is 37.3 Å². The highest BCUT2D eigenvalue weighted by Crippen LogP contribution is 2.20. The van der Waals surface area contributed by atoms with Gasteiger partial charge in [0.25, 0.3) is 0 Å². The van der Waals surface area contributed by atoms with Crippen LogP contribution in [0.4, 0.5) is 13.2 Å². The Bertz CT molecular complexity index is 419. The van der Waals surface area contributed by atoms with Gasteiger partial charge in [0.05, 0.1) is 6.54 Å². The number of likely N-dealkylation sites (tertiary alicyclic amines) is 1. The van der Waals surface area contributed by atoms with E-state index in [0.29, 0.717) is 17.5 Å². The van der Waals surface area contributed by atoms with Crippen molar-refractivity contribution in [1.29, 1.82) is 0 Å². The summed E-state index contributed by atoms with van der Waals surface area (Å²) >= 11 is 5.83. The van der Waals surface area contributed by atoms with Crippen molar-refractivity contribution in [2.45, 2.75) is 19.1 Å². The molecular formula is C14H18ClF3N2. The summed E-state index contributed by atoms with van der Waals surface area (Å²) in [6, 6.07) is 7.68. The second-order valence-electron chi connectivity index (χ2n) is 5.26. The molecule has 20 heavy (non-hydrogen) atoms. The van der Waals surface area contributed by atoms with Crippen molar-refractivity contribution in [3.05, 3.63) is 34.9 Å². The van der Waals surface area contributed by atoms with Crippen LogP contribution in [0.3, 0.4) is 0 Å². The fourth-order valence-electron chi connectivity index (χ4n) is 2.49. The van der Waals surface area contributed by atoms with Gasteiger partial charge in [-0.3, -0.25) is 4.90 Å². The minimum absolute atomic E-state index is 0.296. The van der Waals surface area contributed by atoms with Gasteiger partial charge in [0.2, 0.25) is 0 Å². The Labute approximate surface area is 121 Å². The summed E-state index contributed by atoms with van der Waals surface area (Å²) in [4.78, 5) is 2.27. The molecule has 1 N–H and O–H groups in total. The van der Waals surface area contributed by atoms with Gasteiger partial charge < -0.3 is 5.32 Å². The van der Waals surface area contributed by atoms with Gasteiger partial charge in [-0.2, -0.15) is 13.2 Å². The highest BCUT2D eigenvalue weighted by Gasteiger charge is 2.28. The molecule has 1 aliphatic rings.